The van der Waals surface area contributed by atoms with E-state index < -0.39 is 28.6 Å². The van der Waals surface area contributed by atoms with Gasteiger partial charge in [0.25, 0.3) is 0 Å². The second-order valence-corrected chi connectivity index (χ2v) is 12.9. The molecular weight excluding hydrogens is 533 g/mol. The van der Waals surface area contributed by atoms with Crippen molar-refractivity contribution in [1.29, 1.82) is 0 Å². The zero-order chi connectivity index (χ0) is 28.7. The van der Waals surface area contributed by atoms with Crippen LogP contribution < -0.4 is 0 Å². The number of aromatic nitrogens is 2. The standard InChI is InChI=1S/C32H35F3N2O4/c1-28-18-24(21-2-4-22(5-3-21)37-15-14-36-20-37)27-23(25(28)7-10-30(28,39)12-13-32(33,34)35)6-9-29(38)19-31(11-8-26(27)29)40-16-17-41-31/h2-5,14-15,20,23-25,38-39H,6-11,16-19H2,1H3/t23?,24-,25?,28+,29-,30-/m1/s1. The van der Waals surface area contributed by atoms with Gasteiger partial charge in [-0.3, -0.25) is 0 Å². The van der Waals surface area contributed by atoms with E-state index in [0.29, 0.717) is 58.2 Å². The van der Waals surface area contributed by atoms with Gasteiger partial charge < -0.3 is 24.3 Å². The lowest BCUT2D eigenvalue weighted by molar-refractivity contribution is -0.208. The van der Waals surface area contributed by atoms with Gasteiger partial charge in [-0.2, -0.15) is 13.2 Å². The third kappa shape index (κ3) is 4.29. The summed E-state index contributed by atoms with van der Waals surface area (Å²) in [5.74, 6) is 2.80. The fourth-order valence-electron chi connectivity index (χ4n) is 8.99. The van der Waals surface area contributed by atoms with Gasteiger partial charge in [0.05, 0.1) is 25.1 Å². The molecule has 5 aliphatic rings. The lowest BCUT2D eigenvalue weighted by atomic mass is 9.49. The van der Waals surface area contributed by atoms with E-state index >= 15 is 0 Å². The van der Waals surface area contributed by atoms with Crippen molar-refractivity contribution in [3.8, 4) is 17.5 Å². The number of imidazole rings is 1. The Balaban J connectivity index is 1.34. The van der Waals surface area contributed by atoms with Gasteiger partial charge in [-0.25, -0.2) is 4.98 Å². The number of hydrogen-bond acceptors (Lipinski definition) is 5. The molecule has 2 aromatic rings. The molecule has 218 valence electrons. The highest BCUT2D eigenvalue weighted by Crippen LogP contribution is 2.68. The zero-order valence-corrected chi connectivity index (χ0v) is 23.1. The van der Waals surface area contributed by atoms with Crippen molar-refractivity contribution in [3.05, 3.63) is 59.7 Å². The van der Waals surface area contributed by atoms with E-state index in [-0.39, 0.29) is 24.2 Å². The predicted molar refractivity (Wildman–Crippen MR) is 144 cm³/mol. The summed E-state index contributed by atoms with van der Waals surface area (Å²) in [7, 11) is 0. The topological polar surface area (TPSA) is 76.7 Å². The first kappa shape index (κ1) is 27.2. The lowest BCUT2D eigenvalue weighted by Crippen LogP contribution is -2.55. The molecule has 9 heteroatoms. The molecule has 4 aliphatic carbocycles. The number of aliphatic hydroxyl groups is 2. The van der Waals surface area contributed by atoms with E-state index in [9.17, 15) is 23.4 Å². The number of rotatable bonds is 2. The Morgan fingerprint density at radius 2 is 1.80 bits per heavy atom. The molecule has 0 bridgehead atoms. The Hall–Kier alpha value is -2.64. The van der Waals surface area contributed by atoms with E-state index in [4.69, 9.17) is 9.47 Å². The van der Waals surface area contributed by atoms with Crippen molar-refractivity contribution in [2.24, 2.45) is 17.3 Å². The number of fused-ring (bicyclic) bond motifs is 4. The second kappa shape index (κ2) is 9.18. The average molecular weight is 569 g/mol. The molecule has 1 spiro atoms. The Morgan fingerprint density at radius 3 is 2.49 bits per heavy atom. The number of hydrogen-bond donors (Lipinski definition) is 2. The van der Waals surface area contributed by atoms with Crippen LogP contribution in [0.25, 0.3) is 5.69 Å². The summed E-state index contributed by atoms with van der Waals surface area (Å²) in [6.45, 7) is 2.98. The van der Waals surface area contributed by atoms with Crippen LogP contribution in [0.15, 0.2) is 54.1 Å². The fraction of sp³-hybridized carbons (Fsp3) is 0.594. The number of alkyl halides is 3. The monoisotopic (exact) mass is 568 g/mol. The summed E-state index contributed by atoms with van der Waals surface area (Å²) in [5.41, 5.74) is 0.590. The van der Waals surface area contributed by atoms with Crippen LogP contribution in [0, 0.1) is 29.1 Å². The first-order valence-corrected chi connectivity index (χ1v) is 14.6. The molecule has 0 amide bonds. The number of benzene rings is 1. The Bertz CT molecular complexity index is 1420. The summed E-state index contributed by atoms with van der Waals surface area (Å²) in [5, 5.41) is 23.9. The second-order valence-electron chi connectivity index (χ2n) is 12.9. The SMILES string of the molecule is C[C@]12C[C@H](c3ccc(-n4ccnc4)cc3)C3=C4CCC5(C[C@]4(O)CCC3C1CC[C@@]2(O)C#CC(F)(F)F)OCCO5. The molecule has 2 heterocycles. The molecule has 2 unspecified atom stereocenters. The largest absolute Gasteiger partial charge is 0.457 e. The van der Waals surface area contributed by atoms with Gasteiger partial charge in [0, 0.05) is 48.2 Å². The number of ether oxygens (including phenoxy) is 2. The normalized spacial score (nSPS) is 37.8. The van der Waals surface area contributed by atoms with Crippen molar-refractivity contribution in [2.75, 3.05) is 13.2 Å². The first-order chi connectivity index (χ1) is 19.4. The Kier molecular flexibility index (Phi) is 6.09. The molecule has 2 N–H and O–H groups in total. The molecule has 1 saturated heterocycles. The van der Waals surface area contributed by atoms with Gasteiger partial charge in [0.2, 0.25) is 0 Å². The smallest absolute Gasteiger partial charge is 0.385 e. The minimum atomic E-state index is -4.67. The minimum absolute atomic E-state index is 0.0292. The van der Waals surface area contributed by atoms with Gasteiger partial charge in [0.15, 0.2) is 5.79 Å². The number of allylic oxidation sites excluding steroid dienone is 1. The summed E-state index contributed by atoms with van der Waals surface area (Å²) in [6, 6.07) is 8.15. The zero-order valence-electron chi connectivity index (χ0n) is 23.1. The third-order valence-electron chi connectivity index (χ3n) is 10.9. The summed E-state index contributed by atoms with van der Waals surface area (Å²) in [4.78, 5) is 4.13. The number of halogens is 3. The maximum atomic E-state index is 13.2. The van der Waals surface area contributed by atoms with Crippen LogP contribution in [-0.4, -0.2) is 56.1 Å². The fourth-order valence-corrected chi connectivity index (χ4v) is 8.99. The highest BCUT2D eigenvalue weighted by Gasteiger charge is 2.64. The third-order valence-corrected chi connectivity index (χ3v) is 10.9. The Labute approximate surface area is 237 Å². The van der Waals surface area contributed by atoms with Gasteiger partial charge in [0.1, 0.15) is 5.60 Å². The van der Waals surface area contributed by atoms with Crippen LogP contribution >= 0.6 is 0 Å². The van der Waals surface area contributed by atoms with Crippen LogP contribution in [0.1, 0.15) is 69.8 Å². The molecule has 1 aliphatic heterocycles. The lowest BCUT2D eigenvalue weighted by Gasteiger charge is -2.57. The molecule has 6 atom stereocenters. The van der Waals surface area contributed by atoms with Crippen molar-refractivity contribution in [3.63, 3.8) is 0 Å². The van der Waals surface area contributed by atoms with Gasteiger partial charge in [-0.15, -0.1) is 0 Å². The van der Waals surface area contributed by atoms with Crippen LogP contribution in [-0.2, 0) is 9.47 Å². The maximum Gasteiger partial charge on any atom is 0.457 e. The minimum Gasteiger partial charge on any atom is -0.385 e. The molecule has 41 heavy (non-hydrogen) atoms. The Morgan fingerprint density at radius 1 is 1.05 bits per heavy atom. The van der Waals surface area contributed by atoms with E-state index in [2.05, 4.69) is 23.0 Å². The van der Waals surface area contributed by atoms with Crippen molar-refractivity contribution in [1.82, 2.24) is 9.55 Å². The van der Waals surface area contributed by atoms with Crippen molar-refractivity contribution < 1.29 is 32.9 Å². The summed E-state index contributed by atoms with van der Waals surface area (Å²) in [6.07, 6.45) is 4.83. The average Bonchev–Trinajstić information content (AvgIpc) is 3.68. The van der Waals surface area contributed by atoms with Crippen LogP contribution in [0.2, 0.25) is 0 Å². The predicted octanol–water partition coefficient (Wildman–Crippen LogP) is 5.44. The maximum absolute atomic E-state index is 13.2. The van der Waals surface area contributed by atoms with Crippen LogP contribution in [0.3, 0.4) is 0 Å². The van der Waals surface area contributed by atoms with Crippen LogP contribution in [0.5, 0.6) is 0 Å². The highest BCUT2D eigenvalue weighted by molar-refractivity contribution is 5.47. The number of nitrogens with zero attached hydrogens (tertiary/aromatic N) is 2. The van der Waals surface area contributed by atoms with Gasteiger partial charge in [-0.1, -0.05) is 30.6 Å². The molecule has 3 saturated carbocycles. The molecular formula is C32H35F3N2O4. The van der Waals surface area contributed by atoms with Gasteiger partial charge >= 0.3 is 6.18 Å². The van der Waals surface area contributed by atoms with Crippen molar-refractivity contribution >= 4 is 0 Å². The molecule has 1 aromatic heterocycles. The first-order valence-electron chi connectivity index (χ1n) is 14.6. The van der Waals surface area contributed by atoms with E-state index in [1.54, 1.807) is 12.5 Å². The molecule has 6 nitrogen and oxygen atoms in total. The molecule has 0 radical (unpaired) electrons. The molecule has 4 fully saturated rings. The summed E-state index contributed by atoms with van der Waals surface area (Å²) < 4.78 is 53.5. The summed E-state index contributed by atoms with van der Waals surface area (Å²) >= 11 is 0. The van der Waals surface area contributed by atoms with Crippen LogP contribution in [0.4, 0.5) is 13.2 Å². The quantitative estimate of drug-likeness (QED) is 0.373. The van der Waals surface area contributed by atoms with Crippen molar-refractivity contribution in [2.45, 2.75) is 87.4 Å². The molecule has 1 aromatic carbocycles. The highest BCUT2D eigenvalue weighted by atomic mass is 19.4. The molecule has 7 rings (SSSR count). The van der Waals surface area contributed by atoms with E-state index in [1.807, 2.05) is 29.8 Å². The van der Waals surface area contributed by atoms with E-state index in [1.165, 1.54) is 11.5 Å². The van der Waals surface area contributed by atoms with Gasteiger partial charge in [-0.05, 0) is 73.6 Å². The van der Waals surface area contributed by atoms with E-state index in [0.717, 1.165) is 16.8 Å².